The zero-order valence-corrected chi connectivity index (χ0v) is 8.54. The minimum atomic E-state index is -0.915. The molecule has 0 radical (unpaired) electrons. The first-order valence-corrected chi connectivity index (χ1v) is 4.34. The van der Waals surface area contributed by atoms with Gasteiger partial charge in [0.2, 0.25) is 5.88 Å². The summed E-state index contributed by atoms with van der Waals surface area (Å²) in [5, 5.41) is 8.55. The topological polar surface area (TPSA) is 59.4 Å². The van der Waals surface area contributed by atoms with Crippen LogP contribution in [0.5, 0.6) is 5.88 Å². The molecule has 0 saturated heterocycles. The van der Waals surface area contributed by atoms with E-state index in [0.29, 0.717) is 16.0 Å². The van der Waals surface area contributed by atoms with Gasteiger partial charge in [-0.05, 0) is 22.0 Å². The molecule has 4 nitrogen and oxygen atoms in total. The lowest BCUT2D eigenvalue weighted by Crippen LogP contribution is -2.04. The van der Waals surface area contributed by atoms with Crippen molar-refractivity contribution in [3.63, 3.8) is 0 Å². The van der Waals surface area contributed by atoms with E-state index in [2.05, 4.69) is 20.9 Å². The Kier molecular flexibility index (Phi) is 3.25. The monoisotopic (exact) mass is 245 g/mol. The summed E-state index contributed by atoms with van der Waals surface area (Å²) in [7, 11) is 1.49. The van der Waals surface area contributed by atoms with Crippen LogP contribution in [0.1, 0.15) is 5.69 Å². The van der Waals surface area contributed by atoms with E-state index in [4.69, 9.17) is 9.84 Å². The van der Waals surface area contributed by atoms with Crippen LogP contribution < -0.4 is 4.74 Å². The molecule has 0 saturated carbocycles. The molecule has 0 unspecified atom stereocenters. The van der Waals surface area contributed by atoms with Gasteiger partial charge in [-0.3, -0.25) is 4.79 Å². The summed E-state index contributed by atoms with van der Waals surface area (Å²) in [5.41, 5.74) is 0.465. The first-order chi connectivity index (χ1) is 6.13. The summed E-state index contributed by atoms with van der Waals surface area (Å²) < 4.78 is 5.54. The molecule has 1 aromatic rings. The van der Waals surface area contributed by atoms with Crippen LogP contribution in [0.25, 0.3) is 0 Å². The van der Waals surface area contributed by atoms with Gasteiger partial charge in [-0.15, -0.1) is 0 Å². The number of carbonyl (C=O) groups is 1. The van der Waals surface area contributed by atoms with Gasteiger partial charge in [-0.2, -0.15) is 0 Å². The van der Waals surface area contributed by atoms with Crippen LogP contribution >= 0.6 is 15.9 Å². The second-order valence-corrected chi connectivity index (χ2v) is 3.21. The Bertz CT molecular complexity index is 327. The van der Waals surface area contributed by atoms with Crippen molar-refractivity contribution in [2.45, 2.75) is 6.42 Å². The molecule has 1 N–H and O–H groups in total. The molecule has 1 aromatic heterocycles. The molecule has 0 aliphatic rings. The van der Waals surface area contributed by atoms with Crippen molar-refractivity contribution >= 4 is 21.9 Å². The first kappa shape index (κ1) is 9.98. The molecule has 0 spiro atoms. The number of carboxylic acids is 1. The van der Waals surface area contributed by atoms with Crippen LogP contribution in [0.4, 0.5) is 0 Å². The number of aliphatic carboxylic acids is 1. The van der Waals surface area contributed by atoms with E-state index >= 15 is 0 Å². The highest BCUT2D eigenvalue weighted by molar-refractivity contribution is 9.10. The highest BCUT2D eigenvalue weighted by atomic mass is 79.9. The fourth-order valence-corrected chi connectivity index (χ4v) is 1.21. The van der Waals surface area contributed by atoms with Crippen molar-refractivity contribution in [1.29, 1.82) is 0 Å². The van der Waals surface area contributed by atoms with Crippen LogP contribution in [-0.2, 0) is 11.2 Å². The smallest absolute Gasteiger partial charge is 0.309 e. The number of carboxylic acid groups (broad SMARTS) is 1. The number of ether oxygens (including phenoxy) is 1. The maximum Gasteiger partial charge on any atom is 0.309 e. The van der Waals surface area contributed by atoms with Gasteiger partial charge >= 0.3 is 5.97 Å². The highest BCUT2D eigenvalue weighted by Crippen LogP contribution is 2.18. The minimum absolute atomic E-state index is 0.113. The third-order valence-electron chi connectivity index (χ3n) is 1.42. The number of methoxy groups -OCH3 is 1. The molecule has 0 fully saturated rings. The Hall–Kier alpha value is -1.10. The molecule has 0 aliphatic carbocycles. The van der Waals surface area contributed by atoms with Gasteiger partial charge in [0.15, 0.2) is 0 Å². The average molecular weight is 246 g/mol. The van der Waals surface area contributed by atoms with Gasteiger partial charge in [0, 0.05) is 10.5 Å². The summed E-state index contributed by atoms with van der Waals surface area (Å²) in [4.78, 5) is 14.4. The normalized spacial score (nSPS) is 9.69. The lowest BCUT2D eigenvalue weighted by Gasteiger charge is -2.03. The molecular formula is C8H8BrNO3. The number of hydrogen-bond donors (Lipinski definition) is 1. The van der Waals surface area contributed by atoms with Crippen molar-refractivity contribution in [2.24, 2.45) is 0 Å². The maximum absolute atomic E-state index is 10.4. The molecule has 13 heavy (non-hydrogen) atoms. The van der Waals surface area contributed by atoms with Gasteiger partial charge in [0.1, 0.15) is 0 Å². The van der Waals surface area contributed by atoms with E-state index in [0.717, 1.165) is 0 Å². The van der Waals surface area contributed by atoms with Gasteiger partial charge in [-0.1, -0.05) is 0 Å². The fraction of sp³-hybridized carbons (Fsp3) is 0.250. The van der Waals surface area contributed by atoms with E-state index < -0.39 is 5.97 Å². The van der Waals surface area contributed by atoms with Crippen LogP contribution in [0.2, 0.25) is 0 Å². The number of aromatic nitrogens is 1. The van der Waals surface area contributed by atoms with E-state index in [1.165, 1.54) is 7.11 Å². The average Bonchev–Trinajstić information content (AvgIpc) is 2.08. The van der Waals surface area contributed by atoms with Crippen molar-refractivity contribution < 1.29 is 14.6 Å². The summed E-state index contributed by atoms with van der Waals surface area (Å²) in [6.07, 6.45) is -0.113. The number of halogens is 1. The lowest BCUT2D eigenvalue weighted by atomic mass is 10.3. The number of rotatable bonds is 3. The van der Waals surface area contributed by atoms with Crippen molar-refractivity contribution in [3.8, 4) is 5.88 Å². The van der Waals surface area contributed by atoms with E-state index in [-0.39, 0.29) is 6.42 Å². The van der Waals surface area contributed by atoms with Gasteiger partial charge in [-0.25, -0.2) is 4.98 Å². The maximum atomic E-state index is 10.4. The Balaban J connectivity index is 2.96. The third-order valence-corrected chi connectivity index (χ3v) is 2.14. The van der Waals surface area contributed by atoms with Gasteiger partial charge in [0.25, 0.3) is 0 Å². The first-order valence-electron chi connectivity index (χ1n) is 3.54. The summed E-state index contributed by atoms with van der Waals surface area (Å²) in [6.45, 7) is 0. The SMILES string of the molecule is COc1ccc(Br)c(CC(=O)O)n1. The number of pyridine rings is 1. The Labute approximate surface area is 83.7 Å². The van der Waals surface area contributed by atoms with Crippen LogP contribution in [0.3, 0.4) is 0 Å². The Morgan fingerprint density at radius 2 is 2.38 bits per heavy atom. The highest BCUT2D eigenvalue weighted by Gasteiger charge is 2.07. The summed E-state index contributed by atoms with van der Waals surface area (Å²) >= 11 is 3.21. The number of hydrogen-bond acceptors (Lipinski definition) is 3. The molecule has 70 valence electrons. The standard InChI is InChI=1S/C8H8BrNO3/c1-13-7-3-2-5(9)6(10-7)4-8(11)12/h2-3H,4H2,1H3,(H,11,12). The summed E-state index contributed by atoms with van der Waals surface area (Å²) in [5.74, 6) is -0.499. The Morgan fingerprint density at radius 1 is 1.69 bits per heavy atom. The van der Waals surface area contributed by atoms with Crippen LogP contribution in [0, 0.1) is 0 Å². The minimum Gasteiger partial charge on any atom is -0.481 e. The molecule has 0 amide bonds. The molecule has 1 heterocycles. The third kappa shape index (κ3) is 2.69. The molecule has 0 bridgehead atoms. The molecule has 5 heteroatoms. The fourth-order valence-electron chi connectivity index (χ4n) is 0.845. The number of nitrogens with zero attached hydrogens (tertiary/aromatic N) is 1. The van der Waals surface area contributed by atoms with E-state index in [1.807, 2.05) is 0 Å². The quantitative estimate of drug-likeness (QED) is 0.877. The Morgan fingerprint density at radius 3 is 2.92 bits per heavy atom. The van der Waals surface area contributed by atoms with E-state index in [9.17, 15) is 4.79 Å². The molecule has 1 rings (SSSR count). The van der Waals surface area contributed by atoms with Crippen LogP contribution in [-0.4, -0.2) is 23.2 Å². The zero-order valence-electron chi connectivity index (χ0n) is 6.95. The zero-order chi connectivity index (χ0) is 9.84. The van der Waals surface area contributed by atoms with E-state index in [1.54, 1.807) is 12.1 Å². The second kappa shape index (κ2) is 4.23. The van der Waals surface area contributed by atoms with Gasteiger partial charge < -0.3 is 9.84 Å². The second-order valence-electron chi connectivity index (χ2n) is 2.35. The predicted octanol–water partition coefficient (Wildman–Crippen LogP) is 1.48. The predicted molar refractivity (Wildman–Crippen MR) is 49.8 cm³/mol. The van der Waals surface area contributed by atoms with Crippen molar-refractivity contribution in [2.75, 3.05) is 7.11 Å². The summed E-state index contributed by atoms with van der Waals surface area (Å²) in [6, 6.07) is 3.37. The van der Waals surface area contributed by atoms with Gasteiger partial charge in [0.05, 0.1) is 19.2 Å². The largest absolute Gasteiger partial charge is 0.481 e. The van der Waals surface area contributed by atoms with Crippen molar-refractivity contribution in [3.05, 3.63) is 22.3 Å². The molecule has 0 atom stereocenters. The van der Waals surface area contributed by atoms with Crippen molar-refractivity contribution in [1.82, 2.24) is 4.98 Å². The molecular weight excluding hydrogens is 238 g/mol. The molecule has 0 aliphatic heterocycles. The van der Waals surface area contributed by atoms with Crippen LogP contribution in [0.15, 0.2) is 16.6 Å². The molecule has 0 aromatic carbocycles. The lowest BCUT2D eigenvalue weighted by molar-refractivity contribution is -0.136.